The second-order valence-electron chi connectivity index (χ2n) is 3.84. The van der Waals surface area contributed by atoms with Gasteiger partial charge in [-0.05, 0) is 32.4 Å². The molecule has 6 heteroatoms. The third-order valence-corrected chi connectivity index (χ3v) is 2.36. The van der Waals surface area contributed by atoms with Gasteiger partial charge in [-0.25, -0.2) is 4.68 Å². The minimum absolute atomic E-state index is 0.242. The first kappa shape index (κ1) is 11.1. The van der Waals surface area contributed by atoms with Crippen molar-refractivity contribution in [1.82, 2.24) is 19.7 Å². The standard InChI is InChI=1S/C10H14ClN5/c1-4-16-9-7(5-12-16)8(13-6(2)3)14-10(11)15-9/h5-6H,4H2,1-3H3,(H,13,14,15). The van der Waals surface area contributed by atoms with Gasteiger partial charge in [0.25, 0.3) is 0 Å². The summed E-state index contributed by atoms with van der Waals surface area (Å²) in [6, 6.07) is 0.291. The van der Waals surface area contributed by atoms with Crippen molar-refractivity contribution < 1.29 is 0 Å². The summed E-state index contributed by atoms with van der Waals surface area (Å²) in [5.74, 6) is 0.740. The molecular weight excluding hydrogens is 226 g/mol. The quantitative estimate of drug-likeness (QED) is 0.836. The van der Waals surface area contributed by atoms with E-state index in [1.807, 2.05) is 20.8 Å². The molecule has 0 aliphatic heterocycles. The number of fused-ring (bicyclic) bond motifs is 1. The molecule has 0 fully saturated rings. The Morgan fingerprint density at radius 3 is 2.81 bits per heavy atom. The monoisotopic (exact) mass is 239 g/mol. The van der Waals surface area contributed by atoms with Crippen LogP contribution in [0, 0.1) is 0 Å². The van der Waals surface area contributed by atoms with Crippen LogP contribution in [0.2, 0.25) is 5.28 Å². The van der Waals surface area contributed by atoms with Gasteiger partial charge in [-0.15, -0.1) is 0 Å². The van der Waals surface area contributed by atoms with E-state index >= 15 is 0 Å². The summed E-state index contributed by atoms with van der Waals surface area (Å²) in [5, 5.41) is 8.62. The maximum Gasteiger partial charge on any atom is 0.226 e. The predicted molar refractivity (Wildman–Crippen MR) is 64.8 cm³/mol. The van der Waals surface area contributed by atoms with Crippen molar-refractivity contribution in [2.24, 2.45) is 0 Å². The molecule has 0 radical (unpaired) electrons. The van der Waals surface area contributed by atoms with E-state index in [1.165, 1.54) is 0 Å². The third kappa shape index (κ3) is 1.95. The second-order valence-corrected chi connectivity index (χ2v) is 4.18. The molecule has 0 aliphatic rings. The Labute approximate surface area is 98.8 Å². The molecule has 0 bridgehead atoms. The van der Waals surface area contributed by atoms with E-state index in [2.05, 4.69) is 20.4 Å². The summed E-state index contributed by atoms with van der Waals surface area (Å²) < 4.78 is 1.80. The highest BCUT2D eigenvalue weighted by atomic mass is 35.5. The van der Waals surface area contributed by atoms with Gasteiger partial charge in [0, 0.05) is 12.6 Å². The Morgan fingerprint density at radius 2 is 2.19 bits per heavy atom. The van der Waals surface area contributed by atoms with Crippen molar-refractivity contribution in [2.75, 3.05) is 5.32 Å². The first-order valence-corrected chi connectivity index (χ1v) is 5.65. The van der Waals surface area contributed by atoms with Gasteiger partial charge >= 0.3 is 0 Å². The lowest BCUT2D eigenvalue weighted by atomic mass is 10.3. The third-order valence-electron chi connectivity index (χ3n) is 2.19. The highest BCUT2D eigenvalue weighted by molar-refractivity contribution is 6.28. The summed E-state index contributed by atoms with van der Waals surface area (Å²) in [4.78, 5) is 8.37. The normalized spacial score (nSPS) is 11.3. The van der Waals surface area contributed by atoms with Crippen LogP contribution >= 0.6 is 11.6 Å². The Hall–Kier alpha value is -1.36. The Kier molecular flexibility index (Phi) is 2.96. The zero-order valence-corrected chi connectivity index (χ0v) is 10.3. The van der Waals surface area contributed by atoms with Crippen LogP contribution in [0.5, 0.6) is 0 Å². The molecule has 2 aromatic heterocycles. The van der Waals surface area contributed by atoms with Gasteiger partial charge in [0.2, 0.25) is 5.28 Å². The lowest BCUT2D eigenvalue weighted by Gasteiger charge is -2.09. The van der Waals surface area contributed by atoms with Crippen LogP contribution in [0.4, 0.5) is 5.82 Å². The molecule has 0 spiro atoms. The van der Waals surface area contributed by atoms with E-state index in [0.717, 1.165) is 23.4 Å². The Balaban J connectivity index is 2.60. The fourth-order valence-electron chi connectivity index (χ4n) is 1.54. The van der Waals surface area contributed by atoms with Gasteiger partial charge in [0.1, 0.15) is 5.82 Å². The topological polar surface area (TPSA) is 55.6 Å². The van der Waals surface area contributed by atoms with E-state index in [9.17, 15) is 0 Å². The highest BCUT2D eigenvalue weighted by Crippen LogP contribution is 2.22. The van der Waals surface area contributed by atoms with Crippen LogP contribution in [0.3, 0.4) is 0 Å². The summed E-state index contributed by atoms with van der Waals surface area (Å²) in [7, 11) is 0. The number of halogens is 1. The molecule has 0 aromatic carbocycles. The molecule has 2 aromatic rings. The largest absolute Gasteiger partial charge is 0.367 e. The lowest BCUT2D eigenvalue weighted by molar-refractivity contribution is 0.676. The Morgan fingerprint density at radius 1 is 1.44 bits per heavy atom. The number of hydrogen-bond donors (Lipinski definition) is 1. The predicted octanol–water partition coefficient (Wildman–Crippen LogP) is 2.32. The molecule has 1 N–H and O–H groups in total. The number of nitrogens with one attached hydrogen (secondary N) is 1. The molecular formula is C10H14ClN5. The van der Waals surface area contributed by atoms with Crippen LogP contribution in [0.25, 0.3) is 11.0 Å². The first-order chi connectivity index (χ1) is 7.61. The van der Waals surface area contributed by atoms with Crippen molar-refractivity contribution in [3.05, 3.63) is 11.5 Å². The molecule has 86 valence electrons. The minimum atomic E-state index is 0.242. The van der Waals surface area contributed by atoms with Gasteiger partial charge in [0.05, 0.1) is 11.6 Å². The second kappa shape index (κ2) is 4.25. The zero-order valence-electron chi connectivity index (χ0n) is 9.53. The number of nitrogens with zero attached hydrogens (tertiary/aromatic N) is 4. The van der Waals surface area contributed by atoms with E-state index < -0.39 is 0 Å². The van der Waals surface area contributed by atoms with Gasteiger partial charge in [-0.3, -0.25) is 0 Å². The number of rotatable bonds is 3. The fraction of sp³-hybridized carbons (Fsp3) is 0.500. The molecule has 2 heterocycles. The van der Waals surface area contributed by atoms with Crippen LogP contribution in [-0.2, 0) is 6.54 Å². The SMILES string of the molecule is CCn1ncc2c(NC(C)C)nc(Cl)nc21. The van der Waals surface area contributed by atoms with Crippen molar-refractivity contribution in [3.8, 4) is 0 Å². The molecule has 0 aliphatic carbocycles. The van der Waals surface area contributed by atoms with Crippen LogP contribution in [0.15, 0.2) is 6.20 Å². The summed E-state index contributed by atoms with van der Waals surface area (Å²) in [5.41, 5.74) is 0.769. The van der Waals surface area contributed by atoms with Gasteiger partial charge in [-0.1, -0.05) is 0 Å². The first-order valence-electron chi connectivity index (χ1n) is 5.27. The van der Waals surface area contributed by atoms with Crippen molar-refractivity contribution in [1.29, 1.82) is 0 Å². The van der Waals surface area contributed by atoms with E-state index in [4.69, 9.17) is 11.6 Å². The zero-order chi connectivity index (χ0) is 11.7. The maximum atomic E-state index is 5.89. The highest BCUT2D eigenvalue weighted by Gasteiger charge is 2.11. The molecule has 0 saturated heterocycles. The van der Waals surface area contributed by atoms with E-state index in [0.29, 0.717) is 6.04 Å². The number of aromatic nitrogens is 4. The number of aryl methyl sites for hydroxylation is 1. The fourth-order valence-corrected chi connectivity index (χ4v) is 1.71. The Bertz CT molecular complexity index is 505. The van der Waals surface area contributed by atoms with Crippen molar-refractivity contribution >= 4 is 28.5 Å². The smallest absolute Gasteiger partial charge is 0.226 e. The molecule has 5 nitrogen and oxygen atoms in total. The van der Waals surface area contributed by atoms with Crippen molar-refractivity contribution in [2.45, 2.75) is 33.4 Å². The van der Waals surface area contributed by atoms with Gasteiger partial charge < -0.3 is 5.32 Å². The van der Waals surface area contributed by atoms with E-state index in [-0.39, 0.29) is 5.28 Å². The summed E-state index contributed by atoms with van der Waals surface area (Å²) in [6.07, 6.45) is 1.76. The average Bonchev–Trinajstić information content (AvgIpc) is 2.59. The van der Waals surface area contributed by atoms with Crippen LogP contribution in [0.1, 0.15) is 20.8 Å². The number of anilines is 1. The van der Waals surface area contributed by atoms with Gasteiger partial charge in [-0.2, -0.15) is 15.1 Å². The summed E-state index contributed by atoms with van der Waals surface area (Å²) >= 11 is 5.89. The molecule has 0 atom stereocenters. The molecule has 2 rings (SSSR count). The van der Waals surface area contributed by atoms with E-state index in [1.54, 1.807) is 10.9 Å². The molecule has 0 unspecified atom stereocenters. The maximum absolute atomic E-state index is 5.89. The summed E-state index contributed by atoms with van der Waals surface area (Å²) in [6.45, 7) is 6.87. The molecule has 0 saturated carbocycles. The molecule has 16 heavy (non-hydrogen) atoms. The van der Waals surface area contributed by atoms with Crippen molar-refractivity contribution in [3.63, 3.8) is 0 Å². The van der Waals surface area contributed by atoms with Crippen LogP contribution in [-0.4, -0.2) is 25.8 Å². The average molecular weight is 240 g/mol. The minimum Gasteiger partial charge on any atom is -0.367 e. The lowest BCUT2D eigenvalue weighted by Crippen LogP contribution is -2.12. The van der Waals surface area contributed by atoms with Crippen LogP contribution < -0.4 is 5.32 Å². The molecule has 0 amide bonds. The number of hydrogen-bond acceptors (Lipinski definition) is 4. The van der Waals surface area contributed by atoms with Gasteiger partial charge in [0.15, 0.2) is 5.65 Å².